The van der Waals surface area contributed by atoms with Gasteiger partial charge in [-0.1, -0.05) is 12.0 Å². The average molecular weight is 549 g/mol. The maximum absolute atomic E-state index is 12.7. The molecule has 0 saturated heterocycles. The second-order valence-electron chi connectivity index (χ2n) is 9.40. The van der Waals surface area contributed by atoms with Crippen molar-refractivity contribution in [2.45, 2.75) is 25.4 Å². The second-order valence-corrected chi connectivity index (χ2v) is 9.40. The summed E-state index contributed by atoms with van der Waals surface area (Å²) < 4.78 is 0. The molecule has 1 unspecified atom stereocenters. The first-order valence-corrected chi connectivity index (χ1v) is 12.5. The quantitative estimate of drug-likeness (QED) is 0.187. The Morgan fingerprint density at radius 3 is 2.48 bits per heavy atom. The van der Waals surface area contributed by atoms with Gasteiger partial charge in [-0.2, -0.15) is 0 Å². The van der Waals surface area contributed by atoms with Crippen LogP contribution in [0.1, 0.15) is 28.8 Å². The average Bonchev–Trinajstić information content (AvgIpc) is 2.90. The number of nitrogens with one attached hydrogen (secondary N) is 3. The van der Waals surface area contributed by atoms with Crippen LogP contribution in [0.15, 0.2) is 47.3 Å². The number of carboxylic acids is 2. The highest BCUT2D eigenvalue weighted by Crippen LogP contribution is 2.20. The fourth-order valence-corrected chi connectivity index (χ4v) is 3.93. The van der Waals surface area contributed by atoms with Crippen LogP contribution in [0.5, 0.6) is 0 Å². The van der Waals surface area contributed by atoms with Crippen molar-refractivity contribution in [1.29, 1.82) is 0 Å². The number of aromatic amines is 1. The van der Waals surface area contributed by atoms with Crippen LogP contribution in [0.3, 0.4) is 0 Å². The first-order valence-electron chi connectivity index (χ1n) is 12.5. The fourth-order valence-electron chi connectivity index (χ4n) is 3.93. The van der Waals surface area contributed by atoms with Crippen molar-refractivity contribution in [2.24, 2.45) is 0 Å². The zero-order valence-corrected chi connectivity index (χ0v) is 22.3. The lowest BCUT2D eigenvalue weighted by Gasteiger charge is -2.23. The van der Waals surface area contributed by atoms with Crippen molar-refractivity contribution >= 4 is 40.4 Å². The van der Waals surface area contributed by atoms with Crippen molar-refractivity contribution in [3.63, 3.8) is 0 Å². The first-order chi connectivity index (χ1) is 19.1. The lowest BCUT2D eigenvalue weighted by atomic mass is 10.1. The van der Waals surface area contributed by atoms with Gasteiger partial charge in [0.05, 0.1) is 17.4 Å². The molecule has 12 nitrogen and oxygen atoms in total. The lowest BCUT2D eigenvalue weighted by molar-refractivity contribution is -0.140. The first kappa shape index (κ1) is 29.7. The number of terminal acetylenes is 1. The predicted octanol–water partition coefficient (Wildman–Crippen LogP) is 1.58. The fraction of sp³-hybridized carbons (Fsp3) is 0.321. The van der Waals surface area contributed by atoms with Gasteiger partial charge in [0.25, 0.3) is 11.5 Å². The van der Waals surface area contributed by atoms with E-state index in [0.717, 1.165) is 12.1 Å². The molecule has 0 aliphatic carbocycles. The highest BCUT2D eigenvalue weighted by Gasteiger charge is 2.22. The smallest absolute Gasteiger partial charge is 0.326 e. The summed E-state index contributed by atoms with van der Waals surface area (Å²) in [5.41, 5.74) is 2.04. The molecule has 0 saturated carbocycles. The number of fused-ring (bicyclic) bond motifs is 1. The third kappa shape index (κ3) is 8.31. The number of aromatic nitrogens is 2. The molecular formula is C28H32N6O6. The Labute approximate surface area is 231 Å². The van der Waals surface area contributed by atoms with Crippen LogP contribution < -0.4 is 21.1 Å². The number of likely N-dealkylation sites (N-methyl/N-ethyl adjacent to an activating group) is 1. The van der Waals surface area contributed by atoms with E-state index in [1.54, 1.807) is 24.3 Å². The van der Waals surface area contributed by atoms with Gasteiger partial charge in [-0.25, -0.2) is 9.78 Å². The van der Waals surface area contributed by atoms with Crippen LogP contribution in [0.25, 0.3) is 10.9 Å². The van der Waals surface area contributed by atoms with E-state index in [-0.39, 0.29) is 30.5 Å². The van der Waals surface area contributed by atoms with E-state index in [1.165, 1.54) is 12.1 Å². The van der Waals surface area contributed by atoms with Gasteiger partial charge < -0.3 is 30.6 Å². The molecule has 0 aliphatic heterocycles. The highest BCUT2D eigenvalue weighted by molar-refractivity contribution is 5.97. The number of carboxylic acid groups (broad SMARTS) is 2. The Morgan fingerprint density at radius 1 is 1.12 bits per heavy atom. The van der Waals surface area contributed by atoms with Gasteiger partial charge in [0.1, 0.15) is 6.04 Å². The predicted molar refractivity (Wildman–Crippen MR) is 151 cm³/mol. The van der Waals surface area contributed by atoms with E-state index >= 15 is 0 Å². The molecule has 0 aliphatic rings. The topological polar surface area (TPSA) is 168 Å². The van der Waals surface area contributed by atoms with E-state index in [9.17, 15) is 24.3 Å². The number of hydrogen-bond donors (Lipinski definition) is 5. The number of carbonyl (C=O) groups excluding carboxylic acids is 1. The molecule has 3 aromatic rings. The van der Waals surface area contributed by atoms with Crippen LogP contribution in [-0.4, -0.2) is 82.7 Å². The summed E-state index contributed by atoms with van der Waals surface area (Å²) in [4.78, 5) is 58.6. The molecule has 3 rings (SSSR count). The molecule has 0 spiro atoms. The van der Waals surface area contributed by atoms with Crippen LogP contribution in [0, 0.1) is 12.3 Å². The molecule has 1 aromatic heterocycles. The summed E-state index contributed by atoms with van der Waals surface area (Å²) in [6.45, 7) is 2.05. The molecule has 1 atom stereocenters. The Hall–Kier alpha value is -4.89. The lowest BCUT2D eigenvalue weighted by Crippen LogP contribution is -2.41. The molecule has 0 radical (unpaired) electrons. The van der Waals surface area contributed by atoms with E-state index < -0.39 is 23.9 Å². The minimum atomic E-state index is -1.32. The minimum absolute atomic E-state index is 0.212. The Kier molecular flexibility index (Phi) is 10.2. The number of rotatable bonds is 14. The zero-order valence-electron chi connectivity index (χ0n) is 22.3. The van der Waals surface area contributed by atoms with Crippen LogP contribution in [0.2, 0.25) is 0 Å². The summed E-state index contributed by atoms with van der Waals surface area (Å²) in [6.07, 6.45) is 4.97. The summed E-state index contributed by atoms with van der Waals surface area (Å²) >= 11 is 0. The third-order valence-corrected chi connectivity index (χ3v) is 6.02. The van der Waals surface area contributed by atoms with Crippen molar-refractivity contribution < 1.29 is 24.6 Å². The largest absolute Gasteiger partial charge is 0.481 e. The SMILES string of the molecule is C#CCN(Cc1ccc2nc(NCCN(C)C)[nH]c(=O)c2c1)c1ccc(C(=O)NC(CCC(=O)O)C(=O)O)cc1. The van der Waals surface area contributed by atoms with Gasteiger partial charge in [-0.15, -0.1) is 6.42 Å². The monoisotopic (exact) mass is 548 g/mol. The van der Waals surface area contributed by atoms with Crippen LogP contribution in [0.4, 0.5) is 11.6 Å². The van der Waals surface area contributed by atoms with Crippen LogP contribution >= 0.6 is 0 Å². The molecule has 0 bridgehead atoms. The maximum atomic E-state index is 12.7. The molecular weight excluding hydrogens is 516 g/mol. The van der Waals surface area contributed by atoms with Gasteiger partial charge >= 0.3 is 11.9 Å². The number of H-pyrrole nitrogens is 1. The van der Waals surface area contributed by atoms with Gasteiger partial charge in [-0.3, -0.25) is 19.4 Å². The van der Waals surface area contributed by atoms with Crippen LogP contribution in [-0.2, 0) is 16.1 Å². The molecule has 12 heteroatoms. The number of hydrogen-bond acceptors (Lipinski definition) is 8. The molecule has 2 aromatic carbocycles. The molecule has 5 N–H and O–H groups in total. The summed E-state index contributed by atoms with van der Waals surface area (Å²) in [7, 11) is 3.91. The standard InChI is InChI=1S/C28H32N6O6/c1-4-14-34(20-8-6-19(7-9-20)25(37)30-23(27(39)40)11-12-24(35)36)17-18-5-10-22-21(16-18)26(38)32-28(31-22)29-13-15-33(2)3/h1,5-10,16,23H,11-15,17H2,2-3H3,(H,30,37)(H,35,36)(H,39,40)(H2,29,31,32,38). The number of benzene rings is 2. The molecule has 1 heterocycles. The number of anilines is 2. The van der Waals surface area contributed by atoms with Gasteiger partial charge in [0, 0.05) is 37.3 Å². The minimum Gasteiger partial charge on any atom is -0.481 e. The number of carbonyl (C=O) groups is 3. The molecule has 1 amide bonds. The number of nitrogens with zero attached hydrogens (tertiary/aromatic N) is 3. The summed E-state index contributed by atoms with van der Waals surface area (Å²) in [6, 6.07) is 10.5. The molecule has 210 valence electrons. The van der Waals surface area contributed by atoms with Gasteiger partial charge in [-0.05, 0) is 62.5 Å². The number of aliphatic carboxylic acids is 2. The molecule has 0 fully saturated rings. The highest BCUT2D eigenvalue weighted by atomic mass is 16.4. The summed E-state index contributed by atoms with van der Waals surface area (Å²) in [5.74, 6) is -0.0819. The van der Waals surface area contributed by atoms with E-state index in [2.05, 4.69) is 26.5 Å². The Morgan fingerprint density at radius 2 is 1.85 bits per heavy atom. The Bertz CT molecular complexity index is 1460. The maximum Gasteiger partial charge on any atom is 0.326 e. The van der Waals surface area contributed by atoms with Crippen molar-refractivity contribution in [1.82, 2.24) is 20.2 Å². The van der Waals surface area contributed by atoms with E-state index in [4.69, 9.17) is 11.5 Å². The van der Waals surface area contributed by atoms with E-state index in [0.29, 0.717) is 35.6 Å². The second kappa shape index (κ2) is 13.8. The zero-order chi connectivity index (χ0) is 29.2. The van der Waals surface area contributed by atoms with Crippen molar-refractivity contribution in [3.8, 4) is 12.3 Å². The summed E-state index contributed by atoms with van der Waals surface area (Å²) in [5, 5.41) is 24.0. The normalized spacial score (nSPS) is 11.6. The van der Waals surface area contributed by atoms with Gasteiger partial charge in [0.2, 0.25) is 5.95 Å². The van der Waals surface area contributed by atoms with Crippen molar-refractivity contribution in [3.05, 3.63) is 63.9 Å². The third-order valence-electron chi connectivity index (χ3n) is 6.02. The van der Waals surface area contributed by atoms with Gasteiger partial charge in [0.15, 0.2) is 0 Å². The molecule has 40 heavy (non-hydrogen) atoms. The Balaban J connectivity index is 1.73. The number of amides is 1. The van der Waals surface area contributed by atoms with E-state index in [1.807, 2.05) is 30.0 Å². The van der Waals surface area contributed by atoms with Crippen molar-refractivity contribution in [2.75, 3.05) is 43.9 Å².